The fourth-order valence-corrected chi connectivity index (χ4v) is 3.44. The number of nitrogens with one attached hydrogen (secondary N) is 2. The van der Waals surface area contributed by atoms with E-state index in [0.29, 0.717) is 5.75 Å². The van der Waals surface area contributed by atoms with Crippen molar-refractivity contribution in [2.24, 2.45) is 11.0 Å². The first-order chi connectivity index (χ1) is 15.3. The number of carbonyl (C=O) groups excluding carboxylic acids is 2. The molecule has 1 aliphatic carbocycles. The van der Waals surface area contributed by atoms with Crippen LogP contribution in [-0.4, -0.2) is 35.6 Å². The second-order valence-electron chi connectivity index (χ2n) is 7.88. The van der Waals surface area contributed by atoms with Gasteiger partial charge in [-0.3, -0.25) is 19.7 Å². The van der Waals surface area contributed by atoms with Crippen molar-refractivity contribution >= 4 is 23.9 Å². The van der Waals surface area contributed by atoms with Crippen molar-refractivity contribution in [3.05, 3.63) is 57.3 Å². The molecule has 0 saturated carbocycles. The van der Waals surface area contributed by atoms with Gasteiger partial charge in [-0.1, -0.05) is 19.9 Å². The van der Waals surface area contributed by atoms with Gasteiger partial charge in [0.05, 0.1) is 12.3 Å². The van der Waals surface area contributed by atoms with Gasteiger partial charge >= 0.3 is 5.88 Å². The lowest BCUT2D eigenvalue weighted by atomic mass is 9.92. The molecule has 1 aliphatic rings. The zero-order valence-corrected chi connectivity index (χ0v) is 18.0. The number of nitro groups is 1. The van der Waals surface area contributed by atoms with Crippen LogP contribution < -0.4 is 15.5 Å². The molecule has 10 nitrogen and oxygen atoms in total. The Morgan fingerprint density at radius 3 is 2.66 bits per heavy atom. The van der Waals surface area contributed by atoms with E-state index in [0.717, 1.165) is 25.5 Å². The van der Waals surface area contributed by atoms with Gasteiger partial charge in [-0.25, -0.2) is 5.43 Å². The van der Waals surface area contributed by atoms with Crippen LogP contribution in [0.25, 0.3) is 0 Å². The molecule has 2 N–H and O–H groups in total. The molecule has 1 aromatic carbocycles. The average molecular weight is 442 g/mol. The number of carbonyl (C=O) groups is 2. The molecule has 32 heavy (non-hydrogen) atoms. The third kappa shape index (κ3) is 6.16. The average Bonchev–Trinajstić information content (AvgIpc) is 3.25. The number of amides is 2. The van der Waals surface area contributed by atoms with E-state index >= 15 is 0 Å². The van der Waals surface area contributed by atoms with E-state index in [9.17, 15) is 19.7 Å². The molecule has 3 rings (SSSR count). The monoisotopic (exact) mass is 442 g/mol. The van der Waals surface area contributed by atoms with Crippen molar-refractivity contribution in [3.63, 3.8) is 0 Å². The van der Waals surface area contributed by atoms with Crippen molar-refractivity contribution in [3.8, 4) is 5.75 Å². The highest BCUT2D eigenvalue weighted by Gasteiger charge is 2.24. The molecule has 1 unspecified atom stereocenters. The number of hydrogen-bond donors (Lipinski definition) is 2. The second kappa shape index (κ2) is 10.6. The summed E-state index contributed by atoms with van der Waals surface area (Å²) in [5.74, 6) is -0.850. The molecule has 1 aromatic heterocycles. The van der Waals surface area contributed by atoms with Crippen molar-refractivity contribution in [2.45, 2.75) is 45.6 Å². The molecule has 0 spiro atoms. The van der Waals surface area contributed by atoms with Gasteiger partial charge < -0.3 is 14.5 Å². The number of fused-ring (bicyclic) bond motifs is 1. The molecule has 10 heteroatoms. The molecule has 0 saturated heterocycles. The van der Waals surface area contributed by atoms with E-state index in [1.165, 1.54) is 29.7 Å². The van der Waals surface area contributed by atoms with E-state index in [-0.39, 0.29) is 18.3 Å². The van der Waals surface area contributed by atoms with E-state index in [1.54, 1.807) is 13.8 Å². The molecular weight excluding hydrogens is 416 g/mol. The molecule has 1 heterocycles. The molecule has 2 amide bonds. The number of nitrogens with zero attached hydrogens (tertiary/aromatic N) is 2. The summed E-state index contributed by atoms with van der Waals surface area (Å²) in [5, 5.41) is 17.0. The van der Waals surface area contributed by atoms with Gasteiger partial charge in [0.1, 0.15) is 16.7 Å². The summed E-state index contributed by atoms with van der Waals surface area (Å²) in [6, 6.07) is 7.58. The number of rotatable bonds is 9. The molecule has 0 aliphatic heterocycles. The highest BCUT2D eigenvalue weighted by atomic mass is 16.6. The van der Waals surface area contributed by atoms with Crippen molar-refractivity contribution in [1.82, 2.24) is 10.7 Å². The molecular formula is C22H26N4O6. The Kier molecular flexibility index (Phi) is 7.58. The third-order valence-corrected chi connectivity index (χ3v) is 5.11. The summed E-state index contributed by atoms with van der Waals surface area (Å²) in [4.78, 5) is 34.7. The maximum Gasteiger partial charge on any atom is 0.433 e. The van der Waals surface area contributed by atoms with E-state index < -0.39 is 28.7 Å². The van der Waals surface area contributed by atoms with Crippen LogP contribution in [0.3, 0.4) is 0 Å². The van der Waals surface area contributed by atoms with E-state index in [2.05, 4.69) is 15.8 Å². The van der Waals surface area contributed by atoms with Gasteiger partial charge in [-0.05, 0) is 60.9 Å². The molecule has 0 fully saturated rings. The zero-order valence-electron chi connectivity index (χ0n) is 18.0. The number of ether oxygens (including phenoxy) is 1. The van der Waals surface area contributed by atoms with Crippen LogP contribution in [0.4, 0.5) is 5.88 Å². The summed E-state index contributed by atoms with van der Waals surface area (Å²) in [5.41, 5.74) is 4.90. The van der Waals surface area contributed by atoms with Gasteiger partial charge in [0.2, 0.25) is 0 Å². The van der Waals surface area contributed by atoms with Crippen LogP contribution in [0.2, 0.25) is 0 Å². The van der Waals surface area contributed by atoms with Crippen molar-refractivity contribution in [1.29, 1.82) is 0 Å². The number of hydrogen-bond acceptors (Lipinski definition) is 7. The van der Waals surface area contributed by atoms with Crippen molar-refractivity contribution in [2.75, 3.05) is 6.61 Å². The summed E-state index contributed by atoms with van der Waals surface area (Å²) in [6.07, 6.45) is 5.57. The highest BCUT2D eigenvalue weighted by molar-refractivity contribution is 5.89. The Labute approximate surface area is 185 Å². The minimum absolute atomic E-state index is 0.112. The SMILES string of the molecule is CC(C)C(NC(=O)COc1ccc2c(c1)CCCC2)C(=O)NN=Cc1ccc([N+](=O)[O-])o1. The topological polar surface area (TPSA) is 136 Å². The smallest absolute Gasteiger partial charge is 0.433 e. The van der Waals surface area contributed by atoms with E-state index in [1.807, 2.05) is 18.2 Å². The molecule has 1 atom stereocenters. The second-order valence-corrected chi connectivity index (χ2v) is 7.88. The number of aryl methyl sites for hydroxylation is 2. The van der Waals surface area contributed by atoms with Gasteiger partial charge in [-0.2, -0.15) is 5.10 Å². The van der Waals surface area contributed by atoms with Crippen LogP contribution in [0.5, 0.6) is 5.75 Å². The van der Waals surface area contributed by atoms with Crippen LogP contribution in [0.15, 0.2) is 39.9 Å². The molecule has 0 bridgehead atoms. The van der Waals surface area contributed by atoms with Crippen LogP contribution >= 0.6 is 0 Å². The largest absolute Gasteiger partial charge is 0.484 e. The summed E-state index contributed by atoms with van der Waals surface area (Å²) in [7, 11) is 0. The zero-order chi connectivity index (χ0) is 23.1. The fourth-order valence-electron chi connectivity index (χ4n) is 3.44. The first-order valence-corrected chi connectivity index (χ1v) is 10.4. The van der Waals surface area contributed by atoms with Gasteiger partial charge in [0.15, 0.2) is 12.4 Å². The number of hydrazone groups is 1. The fraction of sp³-hybridized carbons (Fsp3) is 0.409. The lowest BCUT2D eigenvalue weighted by Gasteiger charge is -2.21. The molecule has 0 radical (unpaired) electrons. The number of furan rings is 1. The third-order valence-electron chi connectivity index (χ3n) is 5.11. The Bertz CT molecular complexity index is 1010. The summed E-state index contributed by atoms with van der Waals surface area (Å²) < 4.78 is 10.5. The first kappa shape index (κ1) is 23.0. The normalized spacial score (nSPS) is 14.1. The minimum Gasteiger partial charge on any atom is -0.484 e. The predicted octanol–water partition coefficient (Wildman–Crippen LogP) is 2.74. The minimum atomic E-state index is -0.835. The van der Waals surface area contributed by atoms with E-state index in [4.69, 9.17) is 9.15 Å². The van der Waals surface area contributed by atoms with Gasteiger partial charge in [0, 0.05) is 0 Å². The lowest BCUT2D eigenvalue weighted by molar-refractivity contribution is -0.402. The van der Waals surface area contributed by atoms with Crippen molar-refractivity contribution < 1.29 is 23.7 Å². The Morgan fingerprint density at radius 2 is 1.97 bits per heavy atom. The van der Waals surface area contributed by atoms with Gasteiger partial charge in [0.25, 0.3) is 11.8 Å². The Hall–Kier alpha value is -3.69. The Morgan fingerprint density at radius 1 is 1.22 bits per heavy atom. The first-order valence-electron chi connectivity index (χ1n) is 10.4. The lowest BCUT2D eigenvalue weighted by Crippen LogP contribution is -2.49. The Balaban J connectivity index is 1.51. The summed E-state index contributed by atoms with van der Waals surface area (Å²) in [6.45, 7) is 3.36. The number of benzene rings is 1. The molecule has 2 aromatic rings. The standard InChI is InChI=1S/C22H26N4O6/c1-14(2)21(22(28)25-23-12-18-9-10-20(32-18)26(29)30)24-19(27)13-31-17-8-7-15-5-3-4-6-16(15)11-17/h7-12,14,21H,3-6,13H2,1-2H3,(H,24,27)(H,25,28). The predicted molar refractivity (Wildman–Crippen MR) is 116 cm³/mol. The maximum absolute atomic E-state index is 12.4. The quantitative estimate of drug-likeness (QED) is 0.348. The van der Waals surface area contributed by atoms with Crippen LogP contribution in [0, 0.1) is 16.0 Å². The maximum atomic E-state index is 12.4. The van der Waals surface area contributed by atoms with Crippen LogP contribution in [-0.2, 0) is 22.4 Å². The highest BCUT2D eigenvalue weighted by Crippen LogP contribution is 2.25. The van der Waals surface area contributed by atoms with Crippen LogP contribution in [0.1, 0.15) is 43.6 Å². The molecule has 170 valence electrons. The summed E-state index contributed by atoms with van der Waals surface area (Å²) >= 11 is 0. The van der Waals surface area contributed by atoms with Gasteiger partial charge in [-0.15, -0.1) is 0 Å².